The Morgan fingerprint density at radius 1 is 1.03 bits per heavy atom. The maximum Gasteiger partial charge on any atom is 0.314 e. The van der Waals surface area contributed by atoms with Crippen LogP contribution in [0.25, 0.3) is 22.2 Å². The van der Waals surface area contributed by atoms with Crippen LogP contribution in [0.2, 0.25) is 0 Å². The van der Waals surface area contributed by atoms with Gasteiger partial charge in [0.2, 0.25) is 5.89 Å². The van der Waals surface area contributed by atoms with Gasteiger partial charge < -0.3 is 9.52 Å². The fourth-order valence-corrected chi connectivity index (χ4v) is 4.43. The van der Waals surface area contributed by atoms with E-state index in [0.29, 0.717) is 11.3 Å². The van der Waals surface area contributed by atoms with Gasteiger partial charge in [-0.05, 0) is 29.7 Å². The predicted molar refractivity (Wildman–Crippen MR) is 113 cm³/mol. The molecule has 30 heavy (non-hydrogen) atoms. The summed E-state index contributed by atoms with van der Waals surface area (Å²) in [5, 5.41) is 18.2. The zero-order valence-electron chi connectivity index (χ0n) is 15.3. The molecule has 1 aromatic heterocycles. The van der Waals surface area contributed by atoms with Crippen LogP contribution in [0.3, 0.4) is 0 Å². The Bertz CT molecular complexity index is 1330. The lowest BCUT2D eigenvalue weighted by molar-refractivity contribution is -0.133. The van der Waals surface area contributed by atoms with Gasteiger partial charge in [-0.15, -0.1) is 10.2 Å². The number of carboxylic acid groups (broad SMARTS) is 1. The Balaban J connectivity index is 1.62. The molecule has 0 spiro atoms. The number of thioether (sulfide) groups is 1. The second-order valence-electron chi connectivity index (χ2n) is 6.22. The summed E-state index contributed by atoms with van der Waals surface area (Å²) >= 11 is 0.886. The van der Waals surface area contributed by atoms with Gasteiger partial charge in [-0.1, -0.05) is 54.2 Å². The van der Waals surface area contributed by atoms with Crippen LogP contribution in [0.1, 0.15) is 0 Å². The number of nitrogens with zero attached hydrogens (tertiary/aromatic N) is 2. The topological polar surface area (TPSA) is 122 Å². The molecule has 4 aromatic rings. The first-order valence-electron chi connectivity index (χ1n) is 8.71. The minimum absolute atomic E-state index is 0.0332. The number of benzene rings is 3. The first-order chi connectivity index (χ1) is 14.4. The summed E-state index contributed by atoms with van der Waals surface area (Å²) in [6, 6.07) is 19.0. The van der Waals surface area contributed by atoms with Gasteiger partial charge in [0.1, 0.15) is 5.75 Å². The first-order valence-corrected chi connectivity index (χ1v) is 11.2. The number of rotatable bonds is 7. The summed E-state index contributed by atoms with van der Waals surface area (Å²) in [6.45, 7) is 0. The molecule has 8 nitrogen and oxygen atoms in total. The van der Waals surface area contributed by atoms with Crippen molar-refractivity contribution in [1.82, 2.24) is 10.2 Å². The molecule has 0 radical (unpaired) electrons. The number of sulfonamides is 1. The number of carboxylic acids is 1. The molecular weight excluding hydrogens is 426 g/mol. The smallest absolute Gasteiger partial charge is 0.314 e. The van der Waals surface area contributed by atoms with Crippen molar-refractivity contribution < 1.29 is 22.7 Å². The van der Waals surface area contributed by atoms with Crippen molar-refractivity contribution in [1.29, 1.82) is 0 Å². The van der Waals surface area contributed by atoms with Crippen LogP contribution in [-0.4, -0.2) is 35.4 Å². The summed E-state index contributed by atoms with van der Waals surface area (Å²) in [7, 11) is -3.87. The van der Waals surface area contributed by atoms with Gasteiger partial charge in [0.15, 0.2) is 0 Å². The van der Waals surface area contributed by atoms with E-state index < -0.39 is 16.0 Å². The minimum atomic E-state index is -3.87. The highest BCUT2D eigenvalue weighted by Gasteiger charge is 2.18. The molecular formula is C20H15N3O5S2. The van der Waals surface area contributed by atoms with E-state index in [2.05, 4.69) is 14.9 Å². The van der Waals surface area contributed by atoms with E-state index in [1.807, 2.05) is 30.3 Å². The molecule has 0 bridgehead atoms. The Morgan fingerprint density at radius 2 is 1.80 bits per heavy atom. The molecule has 2 N–H and O–H groups in total. The number of aromatic nitrogens is 2. The molecule has 10 heteroatoms. The molecule has 3 aromatic carbocycles. The van der Waals surface area contributed by atoms with Gasteiger partial charge >= 0.3 is 5.97 Å². The highest BCUT2D eigenvalue weighted by atomic mass is 32.2. The van der Waals surface area contributed by atoms with Crippen LogP contribution < -0.4 is 4.72 Å². The maximum atomic E-state index is 13.0. The summed E-state index contributed by atoms with van der Waals surface area (Å²) in [6.07, 6.45) is 0. The summed E-state index contributed by atoms with van der Waals surface area (Å²) in [5.41, 5.74) is 0.883. The lowest BCUT2D eigenvalue weighted by Gasteiger charge is -2.11. The van der Waals surface area contributed by atoms with Gasteiger partial charge in [0, 0.05) is 10.9 Å². The predicted octanol–water partition coefficient (Wildman–Crippen LogP) is 3.87. The monoisotopic (exact) mass is 441 g/mol. The summed E-state index contributed by atoms with van der Waals surface area (Å²) < 4.78 is 34.0. The fraction of sp³-hybridized carbons (Fsp3) is 0.0500. The largest absolute Gasteiger partial charge is 0.481 e. The molecule has 0 saturated carbocycles. The Labute approximate surface area is 176 Å². The van der Waals surface area contributed by atoms with Gasteiger partial charge in [0.05, 0.1) is 10.6 Å². The third-order valence-corrected chi connectivity index (χ3v) is 6.32. The van der Waals surface area contributed by atoms with E-state index in [9.17, 15) is 13.2 Å². The van der Waals surface area contributed by atoms with Crippen LogP contribution in [0.5, 0.6) is 0 Å². The molecule has 0 aliphatic rings. The summed E-state index contributed by atoms with van der Waals surface area (Å²) in [4.78, 5) is 10.7. The van der Waals surface area contributed by atoms with Crippen molar-refractivity contribution in [3.8, 4) is 11.5 Å². The standard InChI is InChI=1S/C20H15N3O5S2/c24-18(25)12-29-20-22-21-19(28-20)14-7-3-8-15(11-14)30(26,27)23-17-10-4-6-13-5-1-2-9-16(13)17/h1-11,23H,12H2,(H,24,25). The maximum absolute atomic E-state index is 13.0. The van der Waals surface area contributed by atoms with Crippen LogP contribution in [0.4, 0.5) is 5.69 Å². The van der Waals surface area contributed by atoms with E-state index in [1.165, 1.54) is 12.1 Å². The number of hydrogen-bond donors (Lipinski definition) is 2. The van der Waals surface area contributed by atoms with E-state index in [-0.39, 0.29) is 21.8 Å². The van der Waals surface area contributed by atoms with Crippen molar-refractivity contribution >= 4 is 44.2 Å². The molecule has 0 aliphatic carbocycles. The van der Waals surface area contributed by atoms with Gasteiger partial charge in [0.25, 0.3) is 15.2 Å². The number of fused-ring (bicyclic) bond motifs is 1. The normalized spacial score (nSPS) is 11.5. The molecule has 0 amide bonds. The van der Waals surface area contributed by atoms with E-state index in [1.54, 1.807) is 24.3 Å². The molecule has 1 heterocycles. The van der Waals surface area contributed by atoms with Crippen molar-refractivity contribution in [2.24, 2.45) is 0 Å². The summed E-state index contributed by atoms with van der Waals surface area (Å²) in [5.74, 6) is -1.12. The molecule has 0 aliphatic heterocycles. The van der Waals surface area contributed by atoms with Gasteiger partial charge in [-0.25, -0.2) is 8.42 Å². The first kappa shape index (κ1) is 19.9. The quantitative estimate of drug-likeness (QED) is 0.415. The van der Waals surface area contributed by atoms with Crippen LogP contribution in [0, 0.1) is 0 Å². The van der Waals surface area contributed by atoms with Crippen molar-refractivity contribution in [2.45, 2.75) is 10.1 Å². The highest BCUT2D eigenvalue weighted by Crippen LogP contribution is 2.28. The molecule has 0 atom stereocenters. The van der Waals surface area contributed by atoms with Crippen LogP contribution in [0.15, 0.2) is 81.3 Å². The lowest BCUT2D eigenvalue weighted by Crippen LogP contribution is -2.13. The highest BCUT2D eigenvalue weighted by molar-refractivity contribution is 7.99. The number of nitrogens with one attached hydrogen (secondary N) is 1. The third kappa shape index (κ3) is 4.29. The fourth-order valence-electron chi connectivity index (χ4n) is 2.82. The van der Waals surface area contributed by atoms with E-state index in [4.69, 9.17) is 9.52 Å². The van der Waals surface area contributed by atoms with Gasteiger partial charge in [-0.3, -0.25) is 9.52 Å². The van der Waals surface area contributed by atoms with E-state index >= 15 is 0 Å². The lowest BCUT2D eigenvalue weighted by atomic mass is 10.1. The second kappa shape index (κ2) is 8.17. The molecule has 0 fully saturated rings. The second-order valence-corrected chi connectivity index (χ2v) is 8.82. The number of anilines is 1. The van der Waals surface area contributed by atoms with Crippen LogP contribution in [-0.2, 0) is 14.8 Å². The zero-order valence-corrected chi connectivity index (χ0v) is 17.0. The Hall–Kier alpha value is -3.37. The molecule has 4 rings (SSSR count). The average Bonchev–Trinajstić information content (AvgIpc) is 3.22. The molecule has 0 saturated heterocycles. The number of hydrogen-bond acceptors (Lipinski definition) is 7. The Morgan fingerprint density at radius 3 is 2.63 bits per heavy atom. The van der Waals surface area contributed by atoms with Crippen LogP contribution >= 0.6 is 11.8 Å². The molecule has 152 valence electrons. The number of aliphatic carboxylic acids is 1. The van der Waals surface area contributed by atoms with Gasteiger partial charge in [-0.2, -0.15) is 0 Å². The van der Waals surface area contributed by atoms with E-state index in [0.717, 1.165) is 22.5 Å². The number of carbonyl (C=O) groups is 1. The Kier molecular flexibility index (Phi) is 5.42. The molecule has 0 unspecified atom stereocenters. The van der Waals surface area contributed by atoms with Crippen molar-refractivity contribution in [2.75, 3.05) is 10.5 Å². The van der Waals surface area contributed by atoms with Crippen molar-refractivity contribution in [3.05, 3.63) is 66.7 Å². The average molecular weight is 441 g/mol. The SMILES string of the molecule is O=C(O)CSc1nnc(-c2cccc(S(=O)(=O)Nc3cccc4ccccc34)c2)o1. The minimum Gasteiger partial charge on any atom is -0.481 e. The van der Waals surface area contributed by atoms with Crippen molar-refractivity contribution in [3.63, 3.8) is 0 Å². The zero-order chi connectivity index (χ0) is 21.1. The third-order valence-electron chi connectivity index (χ3n) is 4.15.